The highest BCUT2D eigenvalue weighted by Gasteiger charge is 2.38. The molecule has 0 aliphatic carbocycles. The predicted molar refractivity (Wildman–Crippen MR) is 195 cm³/mol. The van der Waals surface area contributed by atoms with Crippen molar-refractivity contribution in [3.05, 3.63) is 46.0 Å². The van der Waals surface area contributed by atoms with Crippen LogP contribution in [0.3, 0.4) is 0 Å². The van der Waals surface area contributed by atoms with Crippen LogP contribution in [0.25, 0.3) is 21.1 Å². The molecule has 1 aromatic carbocycles. The number of hydrogen-bond donors (Lipinski definition) is 1. The van der Waals surface area contributed by atoms with Crippen LogP contribution in [0, 0.1) is 30.1 Å². The first-order valence-electron chi connectivity index (χ1n) is 17.4. The molecule has 0 bridgehead atoms. The molecule has 6 heterocycles. The molecule has 3 aliphatic rings. The number of piperazine rings is 1. The number of fused-ring (bicyclic) bond motifs is 3. The van der Waals surface area contributed by atoms with Crippen LogP contribution < -0.4 is 10.2 Å². The topological polar surface area (TPSA) is 114 Å². The van der Waals surface area contributed by atoms with Crippen LogP contribution >= 0.6 is 11.3 Å². The van der Waals surface area contributed by atoms with Gasteiger partial charge in [0.05, 0.1) is 18.1 Å². The molecule has 51 heavy (non-hydrogen) atoms. The number of benzene rings is 1. The zero-order chi connectivity index (χ0) is 36.2. The van der Waals surface area contributed by atoms with Crippen LogP contribution in [-0.2, 0) is 29.5 Å². The minimum Gasteiger partial charge on any atom is -0.357 e. The lowest BCUT2D eigenvalue weighted by molar-refractivity contribution is -0.126. The maximum absolute atomic E-state index is 13.2. The Kier molecular flexibility index (Phi) is 9.72. The number of alkyl halides is 3. The van der Waals surface area contributed by atoms with Crippen molar-refractivity contribution in [3.63, 3.8) is 0 Å². The van der Waals surface area contributed by atoms with Crippen molar-refractivity contribution in [2.45, 2.75) is 52.0 Å². The van der Waals surface area contributed by atoms with Gasteiger partial charge in [0.2, 0.25) is 16.0 Å². The first-order chi connectivity index (χ1) is 24.2. The van der Waals surface area contributed by atoms with Crippen molar-refractivity contribution in [1.82, 2.24) is 28.6 Å². The molecule has 3 aliphatic heterocycles. The molecule has 4 aromatic rings. The van der Waals surface area contributed by atoms with Crippen LogP contribution in [0.4, 0.5) is 24.9 Å². The molecule has 0 radical (unpaired) electrons. The third-order valence-electron chi connectivity index (χ3n) is 11.0. The summed E-state index contributed by atoms with van der Waals surface area (Å²) in [5.74, 6) is 2.05. The van der Waals surface area contributed by atoms with E-state index >= 15 is 0 Å². The van der Waals surface area contributed by atoms with E-state index in [1.165, 1.54) is 21.7 Å². The molecule has 7 rings (SSSR count). The van der Waals surface area contributed by atoms with Gasteiger partial charge in [0.25, 0.3) is 0 Å². The molecule has 3 saturated heterocycles. The van der Waals surface area contributed by atoms with Crippen molar-refractivity contribution in [3.8, 4) is 6.07 Å². The van der Waals surface area contributed by atoms with Gasteiger partial charge in [-0.1, -0.05) is 6.07 Å². The number of halogens is 3. The SMILES string of the molecule is CNc1nc(N2CCC3CN(Cc4ccc5c(cc(C#N)n5C[C@H](C)N5CCN(S(C)(=O)=O)CC5)c4C)CC3C2)c2cc(CC(F)(F)F)sc2n1. The standard InChI is InChI=1S/C35H44F3N9O2S2/c1-22(44-9-11-46(12-10-44)51(4,48)49)17-47-27(16-39)13-29-23(2)24(5-6-31(29)47)18-43-19-25-7-8-45(21-26(25)20-43)32-30-14-28(15-35(36,37)38)50-33(30)42-34(40-3)41-32/h5-6,13-14,22,25-26H,7-12,15,17-21H2,1-4H3,(H,40,41,42)/t22-,25?,26?/m0/s1. The van der Waals surface area contributed by atoms with E-state index in [1.54, 1.807) is 13.1 Å². The van der Waals surface area contributed by atoms with Gasteiger partial charge in [-0.3, -0.25) is 9.80 Å². The Labute approximate surface area is 300 Å². The van der Waals surface area contributed by atoms with E-state index in [1.807, 2.05) is 6.07 Å². The highest BCUT2D eigenvalue weighted by atomic mass is 32.2. The second-order valence-electron chi connectivity index (χ2n) is 14.4. The first-order valence-corrected chi connectivity index (χ1v) is 20.1. The Bertz CT molecular complexity index is 2080. The Balaban J connectivity index is 1.04. The molecule has 0 spiro atoms. The number of nitrogens with one attached hydrogen (secondary N) is 1. The fourth-order valence-corrected chi connectivity index (χ4v) is 10.1. The molecule has 274 valence electrons. The molecule has 0 amide bonds. The first kappa shape index (κ1) is 35.9. The average molecular weight is 744 g/mol. The lowest BCUT2D eigenvalue weighted by Gasteiger charge is -2.37. The summed E-state index contributed by atoms with van der Waals surface area (Å²) in [5, 5.41) is 14.8. The van der Waals surface area contributed by atoms with E-state index in [-0.39, 0.29) is 10.9 Å². The third-order valence-corrected chi connectivity index (χ3v) is 13.3. The Morgan fingerprint density at radius 1 is 1.06 bits per heavy atom. The number of anilines is 2. The van der Waals surface area contributed by atoms with Crippen molar-refractivity contribution >= 4 is 54.2 Å². The van der Waals surface area contributed by atoms with Crippen LogP contribution in [0.2, 0.25) is 0 Å². The number of nitrogens with zero attached hydrogens (tertiary/aromatic N) is 8. The largest absolute Gasteiger partial charge is 0.393 e. The van der Waals surface area contributed by atoms with E-state index in [0.717, 1.165) is 61.4 Å². The molecule has 2 unspecified atom stereocenters. The van der Waals surface area contributed by atoms with Gasteiger partial charge in [0.1, 0.15) is 22.4 Å². The fraction of sp³-hybridized carbons (Fsp3) is 0.571. The molecule has 3 atom stereocenters. The number of sulfonamides is 1. The quantitative estimate of drug-likeness (QED) is 0.256. The van der Waals surface area contributed by atoms with Crippen LogP contribution in [0.15, 0.2) is 24.3 Å². The smallest absolute Gasteiger partial charge is 0.357 e. The molecule has 1 N–H and O–H groups in total. The van der Waals surface area contributed by atoms with Crippen molar-refractivity contribution < 1.29 is 21.6 Å². The highest BCUT2D eigenvalue weighted by molar-refractivity contribution is 7.88. The summed E-state index contributed by atoms with van der Waals surface area (Å²) < 4.78 is 67.2. The van der Waals surface area contributed by atoms with Gasteiger partial charge in [0, 0.05) is 94.3 Å². The van der Waals surface area contributed by atoms with Gasteiger partial charge >= 0.3 is 6.18 Å². The predicted octanol–water partition coefficient (Wildman–Crippen LogP) is 4.90. The number of nitriles is 1. The number of aryl methyl sites for hydroxylation is 1. The summed E-state index contributed by atoms with van der Waals surface area (Å²) in [6.45, 7) is 11.5. The van der Waals surface area contributed by atoms with Gasteiger partial charge in [0.15, 0.2) is 0 Å². The summed E-state index contributed by atoms with van der Waals surface area (Å²) in [4.78, 5) is 17.0. The number of thiophene rings is 1. The lowest BCUT2D eigenvalue weighted by Crippen LogP contribution is -2.51. The zero-order valence-corrected chi connectivity index (χ0v) is 31.0. The zero-order valence-electron chi connectivity index (χ0n) is 29.4. The van der Waals surface area contributed by atoms with E-state index < -0.39 is 22.6 Å². The van der Waals surface area contributed by atoms with Crippen LogP contribution in [0.1, 0.15) is 35.0 Å². The van der Waals surface area contributed by atoms with Gasteiger partial charge < -0.3 is 14.8 Å². The van der Waals surface area contributed by atoms with Crippen molar-refractivity contribution in [1.29, 1.82) is 5.26 Å². The minimum absolute atomic E-state index is 0.131. The average Bonchev–Trinajstić information content (AvgIpc) is 3.78. The molecule has 0 saturated carbocycles. The number of rotatable bonds is 9. The van der Waals surface area contributed by atoms with Crippen molar-refractivity contribution in [2.75, 3.05) is 75.9 Å². The van der Waals surface area contributed by atoms with Crippen molar-refractivity contribution in [2.24, 2.45) is 11.8 Å². The maximum Gasteiger partial charge on any atom is 0.393 e. The van der Waals surface area contributed by atoms with E-state index in [4.69, 9.17) is 4.98 Å². The molecule has 3 aromatic heterocycles. The van der Waals surface area contributed by atoms with E-state index in [9.17, 15) is 26.9 Å². The van der Waals surface area contributed by atoms with Crippen LogP contribution in [0.5, 0.6) is 0 Å². The second-order valence-corrected chi connectivity index (χ2v) is 17.5. The van der Waals surface area contributed by atoms with E-state index in [2.05, 4.69) is 61.6 Å². The highest BCUT2D eigenvalue weighted by Crippen LogP contribution is 2.39. The molecular formula is C35H44F3N9O2S2. The second kappa shape index (κ2) is 13.8. The summed E-state index contributed by atoms with van der Waals surface area (Å²) >= 11 is 1.08. The van der Waals surface area contributed by atoms with E-state index in [0.29, 0.717) is 72.2 Å². The fourth-order valence-electron chi connectivity index (χ4n) is 8.26. The Morgan fingerprint density at radius 3 is 2.49 bits per heavy atom. The maximum atomic E-state index is 13.2. The summed E-state index contributed by atoms with van der Waals surface area (Å²) in [7, 11) is -1.48. The summed E-state index contributed by atoms with van der Waals surface area (Å²) in [6, 6.07) is 10.5. The summed E-state index contributed by atoms with van der Waals surface area (Å²) in [5.41, 5.74) is 4.06. The van der Waals surface area contributed by atoms with Crippen LogP contribution in [-0.4, -0.2) is 115 Å². The van der Waals surface area contributed by atoms with Gasteiger partial charge in [-0.15, -0.1) is 11.3 Å². The number of hydrogen-bond acceptors (Lipinski definition) is 10. The third kappa shape index (κ3) is 7.41. The summed E-state index contributed by atoms with van der Waals surface area (Å²) in [6.07, 6.45) is -3.02. The number of likely N-dealkylation sites (tertiary alicyclic amines) is 1. The van der Waals surface area contributed by atoms with Gasteiger partial charge in [-0.2, -0.15) is 27.7 Å². The number of aromatic nitrogens is 3. The Morgan fingerprint density at radius 2 is 1.80 bits per heavy atom. The monoisotopic (exact) mass is 743 g/mol. The normalized spacial score (nSPS) is 21.7. The number of piperidine rings is 1. The minimum atomic E-state index is -4.28. The molecule has 3 fully saturated rings. The molecule has 16 heteroatoms. The van der Waals surface area contributed by atoms with Gasteiger partial charge in [-0.25, -0.2) is 13.4 Å². The molecule has 11 nitrogen and oxygen atoms in total. The molecular weight excluding hydrogens is 700 g/mol. The van der Waals surface area contributed by atoms with Gasteiger partial charge in [-0.05, 0) is 61.4 Å². The lowest BCUT2D eigenvalue weighted by atomic mass is 9.88. The Hall–Kier alpha value is -3.49.